The Morgan fingerprint density at radius 2 is 2.12 bits per heavy atom. The summed E-state index contributed by atoms with van der Waals surface area (Å²) in [4.78, 5) is 0. The highest BCUT2D eigenvalue weighted by molar-refractivity contribution is 9.10. The van der Waals surface area contributed by atoms with Crippen molar-refractivity contribution < 1.29 is 9.84 Å². The lowest BCUT2D eigenvalue weighted by Gasteiger charge is -2.08. The molecule has 0 aliphatic rings. The van der Waals surface area contributed by atoms with Crippen LogP contribution in [0.15, 0.2) is 28.7 Å². The fourth-order valence-corrected chi connectivity index (χ4v) is 2.17. The predicted molar refractivity (Wildman–Crippen MR) is 68.5 cm³/mol. The van der Waals surface area contributed by atoms with Crippen LogP contribution in [0.25, 0.3) is 5.69 Å². The van der Waals surface area contributed by atoms with Gasteiger partial charge in [0.05, 0.1) is 30.7 Å². The van der Waals surface area contributed by atoms with E-state index in [1.807, 2.05) is 31.2 Å². The molecule has 0 saturated carbocycles. The monoisotopic (exact) mass is 296 g/mol. The second kappa shape index (κ2) is 4.89. The lowest BCUT2D eigenvalue weighted by atomic mass is 10.2. The second-order valence-electron chi connectivity index (χ2n) is 3.59. The number of aromatic nitrogens is 2. The van der Waals surface area contributed by atoms with E-state index in [0.29, 0.717) is 11.4 Å². The first-order chi connectivity index (χ1) is 8.19. The quantitative estimate of drug-likeness (QED) is 0.946. The lowest BCUT2D eigenvalue weighted by molar-refractivity contribution is 0.271. The van der Waals surface area contributed by atoms with Crippen LogP contribution < -0.4 is 4.74 Å². The first kappa shape index (κ1) is 12.1. The van der Waals surface area contributed by atoms with Crippen molar-refractivity contribution in [1.82, 2.24) is 9.78 Å². The fourth-order valence-electron chi connectivity index (χ4n) is 1.72. The highest BCUT2D eigenvalue weighted by Crippen LogP contribution is 2.29. The van der Waals surface area contributed by atoms with E-state index in [1.165, 1.54) is 0 Å². The van der Waals surface area contributed by atoms with E-state index in [0.717, 1.165) is 15.9 Å². The van der Waals surface area contributed by atoms with Crippen molar-refractivity contribution >= 4 is 15.9 Å². The Kier molecular flexibility index (Phi) is 3.49. The Bertz CT molecular complexity index is 537. The number of benzene rings is 1. The minimum atomic E-state index is -0.0839. The van der Waals surface area contributed by atoms with Crippen LogP contribution in [0, 0.1) is 6.92 Å². The first-order valence-electron chi connectivity index (χ1n) is 5.17. The van der Waals surface area contributed by atoms with Crippen molar-refractivity contribution in [1.29, 1.82) is 0 Å². The molecule has 5 heteroatoms. The molecule has 0 bridgehead atoms. The average molecular weight is 297 g/mol. The van der Waals surface area contributed by atoms with Crippen LogP contribution in [-0.4, -0.2) is 22.0 Å². The Balaban J connectivity index is 2.64. The van der Waals surface area contributed by atoms with E-state index < -0.39 is 0 Å². The fraction of sp³-hybridized carbons (Fsp3) is 0.250. The smallest absolute Gasteiger partial charge is 0.222 e. The van der Waals surface area contributed by atoms with Crippen LogP contribution in [0.5, 0.6) is 5.88 Å². The molecule has 0 unspecified atom stereocenters. The van der Waals surface area contributed by atoms with Gasteiger partial charge in [-0.15, -0.1) is 0 Å². The zero-order chi connectivity index (χ0) is 12.4. The number of hydrogen-bond acceptors (Lipinski definition) is 3. The zero-order valence-electron chi connectivity index (χ0n) is 9.64. The van der Waals surface area contributed by atoms with Crippen LogP contribution in [0.1, 0.15) is 11.3 Å². The van der Waals surface area contributed by atoms with Crippen molar-refractivity contribution in [3.05, 3.63) is 40.0 Å². The van der Waals surface area contributed by atoms with Crippen LogP contribution >= 0.6 is 15.9 Å². The normalized spacial score (nSPS) is 10.6. The van der Waals surface area contributed by atoms with Gasteiger partial charge in [-0.2, -0.15) is 9.78 Å². The largest absolute Gasteiger partial charge is 0.481 e. The minimum absolute atomic E-state index is 0.0839. The molecule has 0 amide bonds. The maximum Gasteiger partial charge on any atom is 0.222 e. The molecule has 1 aromatic heterocycles. The van der Waals surface area contributed by atoms with Gasteiger partial charge in [-0.1, -0.05) is 12.1 Å². The van der Waals surface area contributed by atoms with Gasteiger partial charge in [0.2, 0.25) is 5.88 Å². The van der Waals surface area contributed by atoms with Gasteiger partial charge >= 0.3 is 0 Å². The second-order valence-corrected chi connectivity index (χ2v) is 4.45. The minimum Gasteiger partial charge on any atom is -0.481 e. The number of ether oxygens (including phenoxy) is 1. The third-order valence-corrected chi connectivity index (χ3v) is 3.24. The molecule has 0 spiro atoms. The number of hydrogen-bond donors (Lipinski definition) is 1. The molecule has 0 fully saturated rings. The number of halogens is 1. The van der Waals surface area contributed by atoms with Gasteiger partial charge in [-0.3, -0.25) is 0 Å². The van der Waals surface area contributed by atoms with Crippen LogP contribution in [0.4, 0.5) is 0 Å². The number of rotatable bonds is 3. The van der Waals surface area contributed by atoms with Gasteiger partial charge in [-0.05, 0) is 35.0 Å². The standard InChI is InChI=1S/C12H13BrN2O2/c1-8-9(7-16)12(17-2)15(14-8)11-6-4-3-5-10(11)13/h3-6,16H,7H2,1-2H3. The molecule has 1 aromatic carbocycles. The summed E-state index contributed by atoms with van der Waals surface area (Å²) in [6.07, 6.45) is 0. The summed E-state index contributed by atoms with van der Waals surface area (Å²) < 4.78 is 7.92. The highest BCUT2D eigenvalue weighted by Gasteiger charge is 2.17. The molecule has 0 aliphatic carbocycles. The van der Waals surface area contributed by atoms with Gasteiger partial charge < -0.3 is 9.84 Å². The zero-order valence-corrected chi connectivity index (χ0v) is 11.2. The maximum absolute atomic E-state index is 9.31. The average Bonchev–Trinajstić information content (AvgIpc) is 2.65. The van der Waals surface area contributed by atoms with Gasteiger partial charge in [-0.25, -0.2) is 0 Å². The summed E-state index contributed by atoms with van der Waals surface area (Å²) in [5.74, 6) is 0.567. The highest BCUT2D eigenvalue weighted by atomic mass is 79.9. The molecule has 1 heterocycles. The first-order valence-corrected chi connectivity index (χ1v) is 5.96. The van der Waals surface area contributed by atoms with E-state index in [-0.39, 0.29) is 6.61 Å². The van der Waals surface area contributed by atoms with Crippen molar-refractivity contribution in [3.63, 3.8) is 0 Å². The summed E-state index contributed by atoms with van der Waals surface area (Å²) in [7, 11) is 1.57. The van der Waals surface area contributed by atoms with Crippen LogP contribution in [0.2, 0.25) is 0 Å². The molecular formula is C12H13BrN2O2. The summed E-state index contributed by atoms with van der Waals surface area (Å²) in [6, 6.07) is 7.73. The predicted octanol–water partition coefficient (Wildman–Crippen LogP) is 2.44. The number of aliphatic hydroxyl groups is 1. The number of aliphatic hydroxyl groups excluding tert-OH is 1. The number of nitrogens with zero attached hydrogens (tertiary/aromatic N) is 2. The molecule has 4 nitrogen and oxygen atoms in total. The number of methoxy groups -OCH3 is 1. The Morgan fingerprint density at radius 3 is 2.71 bits per heavy atom. The summed E-state index contributed by atoms with van der Waals surface area (Å²) in [6.45, 7) is 1.76. The molecule has 2 aromatic rings. The SMILES string of the molecule is COc1c(CO)c(C)nn1-c1ccccc1Br. The Morgan fingerprint density at radius 1 is 1.41 bits per heavy atom. The van der Waals surface area contributed by atoms with E-state index in [4.69, 9.17) is 4.74 Å². The topological polar surface area (TPSA) is 47.3 Å². The van der Waals surface area contributed by atoms with Crippen molar-refractivity contribution in [2.24, 2.45) is 0 Å². The molecule has 0 saturated heterocycles. The Labute approximate surface area is 108 Å². The Hall–Kier alpha value is -1.33. The van der Waals surface area contributed by atoms with Gasteiger partial charge in [0.15, 0.2) is 0 Å². The van der Waals surface area contributed by atoms with Crippen LogP contribution in [-0.2, 0) is 6.61 Å². The molecule has 1 N–H and O–H groups in total. The molecule has 0 radical (unpaired) electrons. The molecule has 0 atom stereocenters. The molecule has 2 rings (SSSR count). The van der Waals surface area contributed by atoms with E-state index >= 15 is 0 Å². The summed E-state index contributed by atoms with van der Waals surface area (Å²) >= 11 is 3.47. The number of para-hydroxylation sites is 1. The summed E-state index contributed by atoms with van der Waals surface area (Å²) in [5.41, 5.74) is 2.36. The van der Waals surface area contributed by atoms with E-state index in [2.05, 4.69) is 21.0 Å². The van der Waals surface area contributed by atoms with Gasteiger partial charge in [0.25, 0.3) is 0 Å². The van der Waals surface area contributed by atoms with Crippen molar-refractivity contribution in [2.75, 3.05) is 7.11 Å². The van der Waals surface area contributed by atoms with Gasteiger partial charge in [0.1, 0.15) is 0 Å². The molecule has 17 heavy (non-hydrogen) atoms. The van der Waals surface area contributed by atoms with Crippen molar-refractivity contribution in [2.45, 2.75) is 13.5 Å². The number of aryl methyl sites for hydroxylation is 1. The molecule has 0 aliphatic heterocycles. The molecular weight excluding hydrogens is 284 g/mol. The lowest BCUT2D eigenvalue weighted by Crippen LogP contribution is -2.01. The summed E-state index contributed by atoms with van der Waals surface area (Å²) in [5, 5.41) is 13.7. The maximum atomic E-state index is 9.31. The van der Waals surface area contributed by atoms with E-state index in [9.17, 15) is 5.11 Å². The molecule has 90 valence electrons. The third kappa shape index (κ3) is 2.08. The van der Waals surface area contributed by atoms with Gasteiger partial charge in [0, 0.05) is 4.47 Å². The van der Waals surface area contributed by atoms with E-state index in [1.54, 1.807) is 11.8 Å². The van der Waals surface area contributed by atoms with Crippen molar-refractivity contribution in [3.8, 4) is 11.6 Å². The third-order valence-electron chi connectivity index (χ3n) is 2.57. The van der Waals surface area contributed by atoms with Crippen LogP contribution in [0.3, 0.4) is 0 Å².